The molecular formula is C13H25NO3. The van der Waals surface area contributed by atoms with E-state index >= 15 is 0 Å². The minimum absolute atomic E-state index is 0.219. The van der Waals surface area contributed by atoms with E-state index in [2.05, 4.69) is 12.2 Å². The Kier molecular flexibility index (Phi) is 5.25. The summed E-state index contributed by atoms with van der Waals surface area (Å²) in [6.45, 7) is 8.58. The molecule has 1 fully saturated rings. The Morgan fingerprint density at radius 1 is 1.35 bits per heavy atom. The standard InChI is InChI=1S/C13H25NO3/c1-5-6-7-16-11-8-10(9-11)14-12(15)17-13(2,3)4/h10-11H,5-9H2,1-4H3,(H,14,15)/t10-,11+. The van der Waals surface area contributed by atoms with Gasteiger partial charge < -0.3 is 14.8 Å². The normalized spacial score (nSPS) is 24.0. The number of rotatable bonds is 5. The van der Waals surface area contributed by atoms with Crippen molar-refractivity contribution >= 4 is 6.09 Å². The van der Waals surface area contributed by atoms with Crippen LogP contribution in [-0.2, 0) is 9.47 Å². The number of carbonyl (C=O) groups is 1. The highest BCUT2D eigenvalue weighted by Gasteiger charge is 2.32. The maximum absolute atomic E-state index is 11.5. The molecule has 17 heavy (non-hydrogen) atoms. The molecule has 0 aromatic rings. The first-order valence-electron chi connectivity index (χ1n) is 6.52. The predicted molar refractivity (Wildman–Crippen MR) is 67.0 cm³/mol. The molecule has 0 saturated heterocycles. The van der Waals surface area contributed by atoms with Gasteiger partial charge in [0.1, 0.15) is 5.60 Å². The molecule has 0 spiro atoms. The van der Waals surface area contributed by atoms with E-state index in [4.69, 9.17) is 9.47 Å². The molecule has 1 N–H and O–H groups in total. The summed E-state index contributed by atoms with van der Waals surface area (Å²) in [5.41, 5.74) is -0.426. The Hall–Kier alpha value is -0.770. The number of ether oxygens (including phenoxy) is 2. The minimum atomic E-state index is -0.426. The summed E-state index contributed by atoms with van der Waals surface area (Å²) < 4.78 is 10.8. The molecule has 1 saturated carbocycles. The summed E-state index contributed by atoms with van der Waals surface area (Å²) >= 11 is 0. The smallest absolute Gasteiger partial charge is 0.407 e. The zero-order chi connectivity index (χ0) is 12.9. The van der Waals surface area contributed by atoms with Gasteiger partial charge in [0.2, 0.25) is 0 Å². The molecule has 0 radical (unpaired) electrons. The first kappa shape index (κ1) is 14.3. The summed E-state index contributed by atoms with van der Waals surface area (Å²) in [7, 11) is 0. The van der Waals surface area contributed by atoms with E-state index < -0.39 is 5.60 Å². The van der Waals surface area contributed by atoms with Crippen LogP contribution in [0.25, 0.3) is 0 Å². The minimum Gasteiger partial charge on any atom is -0.444 e. The maximum atomic E-state index is 11.5. The second kappa shape index (κ2) is 6.24. The van der Waals surface area contributed by atoms with Crippen LogP contribution in [0.5, 0.6) is 0 Å². The van der Waals surface area contributed by atoms with Crippen molar-refractivity contribution in [3.05, 3.63) is 0 Å². The molecule has 4 nitrogen and oxygen atoms in total. The zero-order valence-electron chi connectivity index (χ0n) is 11.4. The van der Waals surface area contributed by atoms with Gasteiger partial charge in [0, 0.05) is 12.6 Å². The number of amides is 1. The average molecular weight is 243 g/mol. The van der Waals surface area contributed by atoms with E-state index in [1.807, 2.05) is 20.8 Å². The van der Waals surface area contributed by atoms with Crippen LogP contribution in [0, 0.1) is 0 Å². The molecular weight excluding hydrogens is 218 g/mol. The molecule has 100 valence electrons. The summed E-state index contributed by atoms with van der Waals surface area (Å²) in [6, 6.07) is 0.219. The molecule has 0 bridgehead atoms. The van der Waals surface area contributed by atoms with Gasteiger partial charge in [-0.3, -0.25) is 0 Å². The lowest BCUT2D eigenvalue weighted by Crippen LogP contribution is -2.49. The lowest BCUT2D eigenvalue weighted by Gasteiger charge is -2.35. The highest BCUT2D eigenvalue weighted by atomic mass is 16.6. The molecule has 0 aromatic carbocycles. The molecule has 1 rings (SSSR count). The van der Waals surface area contributed by atoms with Crippen molar-refractivity contribution in [3.8, 4) is 0 Å². The van der Waals surface area contributed by atoms with E-state index in [0.29, 0.717) is 6.10 Å². The van der Waals surface area contributed by atoms with E-state index in [1.54, 1.807) is 0 Å². The molecule has 0 aromatic heterocycles. The topological polar surface area (TPSA) is 47.6 Å². The zero-order valence-corrected chi connectivity index (χ0v) is 11.4. The van der Waals surface area contributed by atoms with E-state index in [-0.39, 0.29) is 12.1 Å². The Labute approximate surface area is 104 Å². The maximum Gasteiger partial charge on any atom is 0.407 e. The predicted octanol–water partition coefficient (Wildman–Crippen LogP) is 2.86. The lowest BCUT2D eigenvalue weighted by atomic mass is 9.89. The second-order valence-electron chi connectivity index (χ2n) is 5.66. The molecule has 4 heteroatoms. The monoisotopic (exact) mass is 243 g/mol. The van der Waals surface area contributed by atoms with Crippen molar-refractivity contribution in [1.29, 1.82) is 0 Å². The van der Waals surface area contributed by atoms with E-state index in [1.165, 1.54) is 0 Å². The molecule has 0 atom stereocenters. The average Bonchev–Trinajstić information content (AvgIpc) is 2.10. The van der Waals surface area contributed by atoms with Gasteiger partial charge in [-0.25, -0.2) is 4.79 Å². The largest absolute Gasteiger partial charge is 0.444 e. The summed E-state index contributed by atoms with van der Waals surface area (Å²) in [5, 5.41) is 2.85. The summed E-state index contributed by atoms with van der Waals surface area (Å²) in [4.78, 5) is 11.5. The number of unbranched alkanes of at least 4 members (excludes halogenated alkanes) is 1. The van der Waals surface area contributed by atoms with Gasteiger partial charge in [-0.05, 0) is 40.0 Å². The molecule has 1 aliphatic carbocycles. The van der Waals surface area contributed by atoms with Gasteiger partial charge in [0.25, 0.3) is 0 Å². The summed E-state index contributed by atoms with van der Waals surface area (Å²) in [5.74, 6) is 0. The van der Waals surface area contributed by atoms with Crippen LogP contribution in [-0.4, -0.2) is 30.4 Å². The quantitative estimate of drug-likeness (QED) is 0.755. The Balaban J connectivity index is 2.07. The van der Waals surface area contributed by atoms with Crippen LogP contribution in [0.4, 0.5) is 4.79 Å². The SMILES string of the molecule is CCCCO[C@H]1C[C@@H](NC(=O)OC(C)(C)C)C1. The molecule has 1 amide bonds. The second-order valence-corrected chi connectivity index (χ2v) is 5.66. The van der Waals surface area contributed by atoms with Gasteiger partial charge in [0.05, 0.1) is 6.10 Å². The van der Waals surface area contributed by atoms with Crippen LogP contribution in [0.3, 0.4) is 0 Å². The molecule has 0 heterocycles. The lowest BCUT2D eigenvalue weighted by molar-refractivity contribution is -0.0207. The van der Waals surface area contributed by atoms with Crippen LogP contribution in [0.1, 0.15) is 53.4 Å². The first-order chi connectivity index (χ1) is 7.90. The van der Waals surface area contributed by atoms with Crippen molar-refractivity contribution in [2.75, 3.05) is 6.61 Å². The van der Waals surface area contributed by atoms with E-state index in [9.17, 15) is 4.79 Å². The van der Waals surface area contributed by atoms with Crippen molar-refractivity contribution in [3.63, 3.8) is 0 Å². The van der Waals surface area contributed by atoms with Crippen molar-refractivity contribution < 1.29 is 14.3 Å². The van der Waals surface area contributed by atoms with Crippen LogP contribution in [0.2, 0.25) is 0 Å². The van der Waals surface area contributed by atoms with Gasteiger partial charge in [-0.2, -0.15) is 0 Å². The third-order valence-corrected chi connectivity index (χ3v) is 2.67. The van der Waals surface area contributed by atoms with Gasteiger partial charge in [-0.15, -0.1) is 0 Å². The highest BCUT2D eigenvalue weighted by Crippen LogP contribution is 2.24. The fourth-order valence-corrected chi connectivity index (χ4v) is 1.69. The Bertz CT molecular complexity index is 242. The number of hydrogen-bond donors (Lipinski definition) is 1. The van der Waals surface area contributed by atoms with Gasteiger partial charge in [-0.1, -0.05) is 13.3 Å². The molecule has 0 aliphatic heterocycles. The molecule has 1 aliphatic rings. The van der Waals surface area contributed by atoms with Gasteiger partial charge in [0.15, 0.2) is 0 Å². The van der Waals surface area contributed by atoms with Crippen molar-refractivity contribution in [1.82, 2.24) is 5.32 Å². The van der Waals surface area contributed by atoms with Crippen molar-refractivity contribution in [2.45, 2.75) is 71.1 Å². The fraction of sp³-hybridized carbons (Fsp3) is 0.923. The van der Waals surface area contributed by atoms with Crippen molar-refractivity contribution in [2.24, 2.45) is 0 Å². The Morgan fingerprint density at radius 3 is 2.53 bits per heavy atom. The van der Waals surface area contributed by atoms with Crippen LogP contribution < -0.4 is 5.32 Å². The highest BCUT2D eigenvalue weighted by molar-refractivity contribution is 5.68. The first-order valence-corrected chi connectivity index (χ1v) is 6.52. The number of nitrogens with one attached hydrogen (secondary N) is 1. The van der Waals surface area contributed by atoms with Gasteiger partial charge >= 0.3 is 6.09 Å². The van der Waals surface area contributed by atoms with E-state index in [0.717, 1.165) is 32.3 Å². The van der Waals surface area contributed by atoms with Crippen LogP contribution >= 0.6 is 0 Å². The third kappa shape index (κ3) is 5.91. The molecule has 0 unspecified atom stereocenters. The van der Waals surface area contributed by atoms with Crippen LogP contribution in [0.15, 0.2) is 0 Å². The fourth-order valence-electron chi connectivity index (χ4n) is 1.69. The number of alkyl carbamates (subject to hydrolysis) is 1. The number of carbonyl (C=O) groups excluding carboxylic acids is 1. The third-order valence-electron chi connectivity index (χ3n) is 2.67. The number of hydrogen-bond acceptors (Lipinski definition) is 3. The summed E-state index contributed by atoms with van der Waals surface area (Å²) in [6.07, 6.45) is 4.08. The Morgan fingerprint density at radius 2 is 2.00 bits per heavy atom.